The maximum Gasteiger partial charge on any atom is 0.0752 e. The lowest BCUT2D eigenvalue weighted by Gasteiger charge is -2.29. The Hall–Kier alpha value is -0.300. The molecule has 0 saturated carbocycles. The Morgan fingerprint density at radius 3 is 2.31 bits per heavy atom. The van der Waals surface area contributed by atoms with E-state index in [4.69, 9.17) is 0 Å². The molecule has 76 valence electrons. The van der Waals surface area contributed by atoms with Crippen LogP contribution in [0.25, 0.3) is 0 Å². The number of aliphatic hydroxyl groups excluding tert-OH is 1. The zero-order chi connectivity index (χ0) is 10.0. The van der Waals surface area contributed by atoms with Crippen LogP contribution in [0.2, 0.25) is 0 Å². The lowest BCUT2D eigenvalue weighted by Crippen LogP contribution is -2.23. The molecule has 0 spiro atoms. The number of hydrogen-bond donors (Lipinski definition) is 1. The molecule has 1 N–H and O–H groups in total. The highest BCUT2D eigenvalue weighted by Crippen LogP contribution is 2.31. The van der Waals surface area contributed by atoms with E-state index < -0.39 is 0 Å². The molecule has 2 unspecified atom stereocenters. The first kappa shape index (κ1) is 10.8. The number of aliphatic hydroxyl groups is 1. The highest BCUT2D eigenvalue weighted by molar-refractivity contribution is 5.15. The molecule has 1 heteroatoms. The minimum atomic E-state index is -0.171. The van der Waals surface area contributed by atoms with Crippen molar-refractivity contribution in [1.82, 2.24) is 0 Å². The first-order chi connectivity index (χ1) is 6.02. The summed E-state index contributed by atoms with van der Waals surface area (Å²) in [6.07, 6.45) is 4.24. The topological polar surface area (TPSA) is 20.2 Å². The monoisotopic (exact) mass is 182 g/mol. The Kier molecular flexibility index (Phi) is 3.55. The third kappa shape index (κ3) is 2.57. The van der Waals surface area contributed by atoms with E-state index in [0.717, 1.165) is 12.8 Å². The van der Waals surface area contributed by atoms with E-state index >= 15 is 0 Å². The van der Waals surface area contributed by atoms with Crippen molar-refractivity contribution >= 4 is 0 Å². The molecule has 1 rings (SSSR count). The molecule has 0 aromatic heterocycles. The van der Waals surface area contributed by atoms with Gasteiger partial charge in [-0.25, -0.2) is 0 Å². The van der Waals surface area contributed by atoms with Crippen molar-refractivity contribution in [3.63, 3.8) is 0 Å². The number of allylic oxidation sites excluding steroid dienone is 1. The van der Waals surface area contributed by atoms with E-state index in [1.807, 2.05) is 0 Å². The number of rotatable bonds is 2. The predicted octanol–water partition coefficient (Wildman–Crippen LogP) is 3.00. The summed E-state index contributed by atoms with van der Waals surface area (Å²) < 4.78 is 0. The molecule has 0 bridgehead atoms. The summed E-state index contributed by atoms with van der Waals surface area (Å²) >= 11 is 0. The zero-order valence-electron chi connectivity index (χ0n) is 9.25. The van der Waals surface area contributed by atoms with Crippen molar-refractivity contribution < 1.29 is 5.11 Å². The van der Waals surface area contributed by atoms with Gasteiger partial charge in [-0.3, -0.25) is 0 Å². The van der Waals surface area contributed by atoms with Crippen LogP contribution >= 0.6 is 0 Å². The fourth-order valence-corrected chi connectivity index (χ4v) is 2.06. The van der Waals surface area contributed by atoms with Gasteiger partial charge < -0.3 is 5.11 Å². The van der Waals surface area contributed by atoms with E-state index in [-0.39, 0.29) is 6.10 Å². The maximum atomic E-state index is 9.77. The summed E-state index contributed by atoms with van der Waals surface area (Å²) in [5.41, 5.74) is 1.25. The molecule has 13 heavy (non-hydrogen) atoms. The first-order valence-corrected chi connectivity index (χ1v) is 5.42. The van der Waals surface area contributed by atoms with E-state index in [9.17, 15) is 5.11 Å². The highest BCUT2D eigenvalue weighted by atomic mass is 16.3. The van der Waals surface area contributed by atoms with Crippen LogP contribution < -0.4 is 0 Å². The molecule has 0 aliphatic heterocycles. The Morgan fingerprint density at radius 1 is 1.23 bits per heavy atom. The average molecular weight is 182 g/mol. The van der Waals surface area contributed by atoms with Gasteiger partial charge in [0, 0.05) is 0 Å². The Labute approximate surface area is 81.9 Å². The third-order valence-corrected chi connectivity index (χ3v) is 3.09. The molecule has 1 aliphatic carbocycles. The Balaban J connectivity index is 2.76. The minimum Gasteiger partial charge on any atom is -0.389 e. The van der Waals surface area contributed by atoms with Crippen molar-refractivity contribution in [2.75, 3.05) is 0 Å². The quantitative estimate of drug-likeness (QED) is 0.651. The van der Waals surface area contributed by atoms with Gasteiger partial charge in [-0.1, -0.05) is 33.8 Å². The maximum absolute atomic E-state index is 9.77. The van der Waals surface area contributed by atoms with E-state index in [1.165, 1.54) is 5.57 Å². The standard InChI is InChI=1S/C12H22O/c1-8(2)10-5-6-12(13)11(7-10)9(3)4/h7-10,12-13H,5-6H2,1-4H3. The smallest absolute Gasteiger partial charge is 0.0752 e. The van der Waals surface area contributed by atoms with Gasteiger partial charge in [-0.15, -0.1) is 0 Å². The van der Waals surface area contributed by atoms with Crippen molar-refractivity contribution in [3.05, 3.63) is 11.6 Å². The van der Waals surface area contributed by atoms with Crippen LogP contribution in [0.15, 0.2) is 11.6 Å². The molecule has 0 radical (unpaired) electrons. The van der Waals surface area contributed by atoms with Crippen LogP contribution in [0.1, 0.15) is 40.5 Å². The van der Waals surface area contributed by atoms with Gasteiger partial charge >= 0.3 is 0 Å². The van der Waals surface area contributed by atoms with Gasteiger partial charge in [-0.05, 0) is 36.2 Å². The summed E-state index contributed by atoms with van der Waals surface area (Å²) in [6.45, 7) is 8.85. The van der Waals surface area contributed by atoms with Crippen LogP contribution in [-0.2, 0) is 0 Å². The summed E-state index contributed by atoms with van der Waals surface area (Å²) in [5.74, 6) is 1.89. The molecule has 1 nitrogen and oxygen atoms in total. The zero-order valence-corrected chi connectivity index (χ0v) is 9.25. The fraction of sp³-hybridized carbons (Fsp3) is 0.833. The van der Waals surface area contributed by atoms with Crippen molar-refractivity contribution in [3.8, 4) is 0 Å². The average Bonchev–Trinajstić information content (AvgIpc) is 2.04. The molecule has 0 heterocycles. The predicted molar refractivity (Wildman–Crippen MR) is 56.5 cm³/mol. The second-order valence-electron chi connectivity index (χ2n) is 4.82. The highest BCUT2D eigenvalue weighted by Gasteiger charge is 2.24. The minimum absolute atomic E-state index is 0.171. The molecule has 0 aromatic carbocycles. The van der Waals surface area contributed by atoms with Crippen molar-refractivity contribution in [1.29, 1.82) is 0 Å². The van der Waals surface area contributed by atoms with Gasteiger partial charge in [0.1, 0.15) is 0 Å². The van der Waals surface area contributed by atoms with Gasteiger partial charge in [0.15, 0.2) is 0 Å². The van der Waals surface area contributed by atoms with E-state index in [1.54, 1.807) is 0 Å². The van der Waals surface area contributed by atoms with Crippen molar-refractivity contribution in [2.24, 2.45) is 17.8 Å². The lowest BCUT2D eigenvalue weighted by atomic mass is 9.79. The first-order valence-electron chi connectivity index (χ1n) is 5.42. The SMILES string of the molecule is CC(C)C1=CC(C(C)C)CCC1O. The molecule has 0 fully saturated rings. The molecule has 1 aliphatic rings. The lowest BCUT2D eigenvalue weighted by molar-refractivity contribution is 0.164. The van der Waals surface area contributed by atoms with Crippen LogP contribution in [0.3, 0.4) is 0 Å². The Morgan fingerprint density at radius 2 is 1.85 bits per heavy atom. The largest absolute Gasteiger partial charge is 0.389 e. The molecule has 0 aromatic rings. The molecular weight excluding hydrogens is 160 g/mol. The summed E-state index contributed by atoms with van der Waals surface area (Å²) in [4.78, 5) is 0. The van der Waals surface area contributed by atoms with E-state index in [0.29, 0.717) is 17.8 Å². The molecule has 0 saturated heterocycles. The molecule has 0 amide bonds. The van der Waals surface area contributed by atoms with Crippen molar-refractivity contribution in [2.45, 2.75) is 46.6 Å². The van der Waals surface area contributed by atoms with Gasteiger partial charge in [0.05, 0.1) is 6.10 Å². The van der Waals surface area contributed by atoms with Crippen LogP contribution in [0, 0.1) is 17.8 Å². The summed E-state index contributed by atoms with van der Waals surface area (Å²) in [7, 11) is 0. The third-order valence-electron chi connectivity index (χ3n) is 3.09. The van der Waals surface area contributed by atoms with Crippen LogP contribution in [0.5, 0.6) is 0 Å². The second-order valence-corrected chi connectivity index (χ2v) is 4.82. The second kappa shape index (κ2) is 4.28. The van der Waals surface area contributed by atoms with E-state index in [2.05, 4.69) is 33.8 Å². The number of hydrogen-bond acceptors (Lipinski definition) is 1. The molecular formula is C12H22O. The Bertz CT molecular complexity index is 191. The normalized spacial score (nSPS) is 29.6. The summed E-state index contributed by atoms with van der Waals surface area (Å²) in [5, 5.41) is 9.77. The van der Waals surface area contributed by atoms with Gasteiger partial charge in [0.2, 0.25) is 0 Å². The van der Waals surface area contributed by atoms with Crippen LogP contribution in [-0.4, -0.2) is 11.2 Å². The van der Waals surface area contributed by atoms with Gasteiger partial charge in [-0.2, -0.15) is 0 Å². The summed E-state index contributed by atoms with van der Waals surface area (Å²) in [6, 6.07) is 0. The molecule has 2 atom stereocenters. The van der Waals surface area contributed by atoms with Gasteiger partial charge in [0.25, 0.3) is 0 Å². The van der Waals surface area contributed by atoms with Crippen LogP contribution in [0.4, 0.5) is 0 Å². The fourth-order valence-electron chi connectivity index (χ4n) is 2.06.